The van der Waals surface area contributed by atoms with Crippen LogP contribution in [0.25, 0.3) is 0 Å². The van der Waals surface area contributed by atoms with E-state index in [-0.39, 0.29) is 0 Å². The van der Waals surface area contributed by atoms with Crippen LogP contribution >= 0.6 is 0 Å². The number of aromatic nitrogens is 3. The van der Waals surface area contributed by atoms with Gasteiger partial charge in [-0.15, -0.1) is 10.2 Å². The zero-order valence-electron chi connectivity index (χ0n) is 8.45. The van der Waals surface area contributed by atoms with Gasteiger partial charge >= 0.3 is 0 Å². The second kappa shape index (κ2) is 5.70. The summed E-state index contributed by atoms with van der Waals surface area (Å²) in [4.78, 5) is 0. The summed E-state index contributed by atoms with van der Waals surface area (Å²) in [6, 6.07) is 0. The predicted molar refractivity (Wildman–Crippen MR) is 52.6 cm³/mol. The molecule has 1 aromatic heterocycles. The van der Waals surface area contributed by atoms with Crippen LogP contribution in [0.15, 0.2) is 6.33 Å². The van der Waals surface area contributed by atoms with Crippen LogP contribution in [0.2, 0.25) is 0 Å². The highest BCUT2D eigenvalue weighted by atomic mass is 15.3. The summed E-state index contributed by atoms with van der Waals surface area (Å²) in [5.74, 6) is 1.11. The molecule has 0 spiro atoms. The maximum atomic E-state index is 4.09. The summed E-state index contributed by atoms with van der Waals surface area (Å²) in [5.41, 5.74) is 0. The maximum absolute atomic E-state index is 4.09. The van der Waals surface area contributed by atoms with Gasteiger partial charge in [0.25, 0.3) is 0 Å². The van der Waals surface area contributed by atoms with Gasteiger partial charge in [0.2, 0.25) is 0 Å². The standard InChI is InChI=1S/C9H18N4/c1-3-7-13-8-11-12-9(13)5-4-6-10-2/h8,10H,3-7H2,1-2H3. The van der Waals surface area contributed by atoms with Crippen LogP contribution < -0.4 is 5.32 Å². The molecule has 0 fully saturated rings. The molecule has 1 N–H and O–H groups in total. The Hall–Kier alpha value is -0.900. The summed E-state index contributed by atoms with van der Waals surface area (Å²) < 4.78 is 2.13. The van der Waals surface area contributed by atoms with Gasteiger partial charge in [-0.3, -0.25) is 0 Å². The summed E-state index contributed by atoms with van der Waals surface area (Å²) >= 11 is 0. The highest BCUT2D eigenvalue weighted by molar-refractivity contribution is 4.85. The van der Waals surface area contributed by atoms with Crippen molar-refractivity contribution in [2.75, 3.05) is 13.6 Å². The molecule has 1 heterocycles. The van der Waals surface area contributed by atoms with Crippen molar-refractivity contribution in [3.63, 3.8) is 0 Å². The Balaban J connectivity index is 2.40. The van der Waals surface area contributed by atoms with Gasteiger partial charge in [0.15, 0.2) is 0 Å². The van der Waals surface area contributed by atoms with Gasteiger partial charge in [-0.05, 0) is 26.4 Å². The molecule has 0 unspecified atom stereocenters. The molecule has 0 saturated carbocycles. The molecule has 0 saturated heterocycles. The SMILES string of the molecule is CCCn1cnnc1CCCNC. The highest BCUT2D eigenvalue weighted by Crippen LogP contribution is 2.00. The summed E-state index contributed by atoms with van der Waals surface area (Å²) in [5, 5.41) is 11.1. The molecule has 0 bridgehead atoms. The van der Waals surface area contributed by atoms with E-state index in [9.17, 15) is 0 Å². The minimum absolute atomic E-state index is 1.01. The third kappa shape index (κ3) is 3.14. The number of hydrogen-bond acceptors (Lipinski definition) is 3. The molecular formula is C9H18N4. The third-order valence-electron chi connectivity index (χ3n) is 1.99. The monoisotopic (exact) mass is 182 g/mol. The minimum atomic E-state index is 1.01. The van der Waals surface area contributed by atoms with Crippen LogP contribution in [0, 0.1) is 0 Å². The van der Waals surface area contributed by atoms with Crippen molar-refractivity contribution in [3.8, 4) is 0 Å². The Bertz CT molecular complexity index is 231. The van der Waals surface area contributed by atoms with E-state index in [1.54, 1.807) is 0 Å². The van der Waals surface area contributed by atoms with Crippen molar-refractivity contribution in [2.45, 2.75) is 32.7 Å². The minimum Gasteiger partial charge on any atom is -0.320 e. The van der Waals surface area contributed by atoms with Gasteiger partial charge in [0, 0.05) is 13.0 Å². The largest absolute Gasteiger partial charge is 0.320 e. The first-order valence-corrected chi connectivity index (χ1v) is 4.89. The summed E-state index contributed by atoms with van der Waals surface area (Å²) in [7, 11) is 1.97. The van der Waals surface area contributed by atoms with E-state index >= 15 is 0 Å². The first-order chi connectivity index (χ1) is 6.38. The third-order valence-corrected chi connectivity index (χ3v) is 1.99. The van der Waals surface area contributed by atoms with Crippen molar-refractivity contribution >= 4 is 0 Å². The summed E-state index contributed by atoms with van der Waals surface area (Å²) in [6.45, 7) is 4.23. The molecule has 0 amide bonds. The predicted octanol–water partition coefficient (Wildman–Crippen LogP) is 0.840. The van der Waals surface area contributed by atoms with Crippen LogP contribution in [0.3, 0.4) is 0 Å². The van der Waals surface area contributed by atoms with E-state index in [2.05, 4.69) is 27.0 Å². The van der Waals surface area contributed by atoms with Gasteiger partial charge in [-0.1, -0.05) is 6.92 Å². The van der Waals surface area contributed by atoms with Gasteiger partial charge < -0.3 is 9.88 Å². The van der Waals surface area contributed by atoms with Crippen molar-refractivity contribution in [3.05, 3.63) is 12.2 Å². The molecule has 0 aliphatic carbocycles. The van der Waals surface area contributed by atoms with Gasteiger partial charge in [-0.25, -0.2) is 0 Å². The number of nitrogens with zero attached hydrogens (tertiary/aromatic N) is 3. The fourth-order valence-electron chi connectivity index (χ4n) is 1.32. The Morgan fingerprint density at radius 3 is 3.08 bits per heavy atom. The lowest BCUT2D eigenvalue weighted by Crippen LogP contribution is -2.10. The maximum Gasteiger partial charge on any atom is 0.132 e. The Morgan fingerprint density at radius 2 is 2.38 bits per heavy atom. The molecule has 4 heteroatoms. The number of hydrogen-bond donors (Lipinski definition) is 1. The average molecular weight is 182 g/mol. The lowest BCUT2D eigenvalue weighted by atomic mass is 10.3. The van der Waals surface area contributed by atoms with Crippen LogP contribution in [0.1, 0.15) is 25.6 Å². The number of aryl methyl sites for hydroxylation is 2. The molecule has 1 aromatic rings. The first-order valence-electron chi connectivity index (χ1n) is 4.89. The topological polar surface area (TPSA) is 42.7 Å². The van der Waals surface area contributed by atoms with Crippen LogP contribution in [0.4, 0.5) is 0 Å². The van der Waals surface area contributed by atoms with Crippen molar-refractivity contribution in [2.24, 2.45) is 0 Å². The van der Waals surface area contributed by atoms with Gasteiger partial charge in [0.1, 0.15) is 12.2 Å². The van der Waals surface area contributed by atoms with E-state index in [1.807, 2.05) is 13.4 Å². The molecule has 4 nitrogen and oxygen atoms in total. The molecule has 0 aliphatic heterocycles. The van der Waals surface area contributed by atoms with Crippen LogP contribution in [-0.2, 0) is 13.0 Å². The van der Waals surface area contributed by atoms with E-state index in [0.717, 1.165) is 38.2 Å². The zero-order chi connectivity index (χ0) is 9.52. The molecule has 74 valence electrons. The quantitative estimate of drug-likeness (QED) is 0.663. The molecule has 13 heavy (non-hydrogen) atoms. The van der Waals surface area contributed by atoms with Gasteiger partial charge in [0.05, 0.1) is 0 Å². The molecular weight excluding hydrogens is 164 g/mol. The Kier molecular flexibility index (Phi) is 4.46. The number of nitrogens with one attached hydrogen (secondary N) is 1. The summed E-state index contributed by atoms with van der Waals surface area (Å²) in [6.07, 6.45) is 5.09. The first kappa shape index (κ1) is 10.2. The highest BCUT2D eigenvalue weighted by Gasteiger charge is 2.01. The molecule has 1 rings (SSSR count). The lowest BCUT2D eigenvalue weighted by Gasteiger charge is -2.03. The molecule has 0 radical (unpaired) electrons. The smallest absolute Gasteiger partial charge is 0.132 e. The normalized spacial score (nSPS) is 10.6. The molecule has 0 aliphatic rings. The van der Waals surface area contributed by atoms with Crippen molar-refractivity contribution in [1.29, 1.82) is 0 Å². The van der Waals surface area contributed by atoms with Gasteiger partial charge in [-0.2, -0.15) is 0 Å². The van der Waals surface area contributed by atoms with Crippen molar-refractivity contribution < 1.29 is 0 Å². The van der Waals surface area contributed by atoms with Crippen LogP contribution in [0.5, 0.6) is 0 Å². The van der Waals surface area contributed by atoms with E-state index in [1.165, 1.54) is 0 Å². The van der Waals surface area contributed by atoms with E-state index < -0.39 is 0 Å². The lowest BCUT2D eigenvalue weighted by molar-refractivity contribution is 0.613. The number of rotatable bonds is 6. The average Bonchev–Trinajstić information content (AvgIpc) is 2.54. The Labute approximate surface area is 79.4 Å². The molecule has 0 atom stereocenters. The second-order valence-corrected chi connectivity index (χ2v) is 3.15. The zero-order valence-corrected chi connectivity index (χ0v) is 8.45. The fraction of sp³-hybridized carbons (Fsp3) is 0.778. The Morgan fingerprint density at radius 1 is 1.54 bits per heavy atom. The second-order valence-electron chi connectivity index (χ2n) is 3.15. The fourth-order valence-corrected chi connectivity index (χ4v) is 1.32. The van der Waals surface area contributed by atoms with Crippen LogP contribution in [-0.4, -0.2) is 28.4 Å². The molecule has 0 aromatic carbocycles. The van der Waals surface area contributed by atoms with E-state index in [0.29, 0.717) is 0 Å². The van der Waals surface area contributed by atoms with E-state index in [4.69, 9.17) is 0 Å². The van der Waals surface area contributed by atoms with Crippen molar-refractivity contribution in [1.82, 2.24) is 20.1 Å².